The molecule has 1 aliphatic rings. The van der Waals surface area contributed by atoms with Crippen molar-refractivity contribution in [2.75, 3.05) is 6.54 Å². The number of amidine groups is 2. The summed E-state index contributed by atoms with van der Waals surface area (Å²) in [4.78, 5) is 23.1. The highest BCUT2D eigenvalue weighted by Gasteiger charge is 2.37. The van der Waals surface area contributed by atoms with Gasteiger partial charge in [0.05, 0.1) is 11.8 Å². The fourth-order valence-electron chi connectivity index (χ4n) is 2.94. The molecule has 1 saturated heterocycles. The number of hydrogen-bond acceptors (Lipinski definition) is 5. The molecule has 0 radical (unpaired) electrons. The number of amides is 1. The predicted octanol–water partition coefficient (Wildman–Crippen LogP) is 2.53. The number of carbonyl (C=O) groups is 1. The zero-order valence-corrected chi connectivity index (χ0v) is 14.9. The summed E-state index contributed by atoms with van der Waals surface area (Å²) < 4.78 is 38.7. The van der Waals surface area contributed by atoms with Crippen molar-refractivity contribution in [2.45, 2.75) is 25.7 Å². The number of aromatic nitrogens is 2. The Balaban J connectivity index is 1.79. The second-order valence-corrected chi connectivity index (χ2v) is 6.38. The van der Waals surface area contributed by atoms with Crippen LogP contribution >= 0.6 is 0 Å². The zero-order chi connectivity index (χ0) is 20.5. The largest absolute Gasteiger partial charge is 0.416 e. The fraction of sp³-hybridized carbons (Fsp3) is 0.278. The third-order valence-electron chi connectivity index (χ3n) is 4.40. The molecule has 1 aromatic heterocycles. The van der Waals surface area contributed by atoms with Crippen LogP contribution in [-0.4, -0.2) is 49.9 Å². The zero-order valence-electron chi connectivity index (χ0n) is 14.9. The van der Waals surface area contributed by atoms with Crippen molar-refractivity contribution in [1.29, 1.82) is 10.8 Å². The molecule has 7 nitrogen and oxygen atoms in total. The second kappa shape index (κ2) is 7.37. The van der Waals surface area contributed by atoms with E-state index in [2.05, 4.69) is 9.97 Å². The van der Waals surface area contributed by atoms with E-state index in [1.165, 1.54) is 40.5 Å². The van der Waals surface area contributed by atoms with Crippen molar-refractivity contribution in [3.05, 3.63) is 59.7 Å². The Labute approximate surface area is 158 Å². The summed E-state index contributed by atoms with van der Waals surface area (Å²) in [5.74, 6) is -1.22. The SMILES string of the molecule is CC1CN(C(=N)c2cnccn2)C(=N)C(=O)N1Cc1cccc(C(F)(F)F)c1. The summed E-state index contributed by atoms with van der Waals surface area (Å²) in [5.41, 5.74) is -0.248. The van der Waals surface area contributed by atoms with Gasteiger partial charge >= 0.3 is 6.18 Å². The topological polar surface area (TPSA) is 97.0 Å². The lowest BCUT2D eigenvalue weighted by Crippen LogP contribution is -2.59. The molecule has 0 bridgehead atoms. The number of rotatable bonds is 3. The highest BCUT2D eigenvalue weighted by molar-refractivity contribution is 6.40. The lowest BCUT2D eigenvalue weighted by Gasteiger charge is -2.40. The maximum absolute atomic E-state index is 12.9. The molecule has 2 aromatic rings. The minimum Gasteiger partial charge on any atom is -0.327 e. The quantitative estimate of drug-likeness (QED) is 0.622. The van der Waals surface area contributed by atoms with E-state index < -0.39 is 29.5 Å². The summed E-state index contributed by atoms with van der Waals surface area (Å²) in [5, 5.41) is 16.3. The van der Waals surface area contributed by atoms with E-state index in [0.29, 0.717) is 5.56 Å². The maximum Gasteiger partial charge on any atom is 0.416 e. The number of hydrogen-bond donors (Lipinski definition) is 2. The van der Waals surface area contributed by atoms with Gasteiger partial charge in [-0.15, -0.1) is 0 Å². The maximum atomic E-state index is 12.9. The lowest BCUT2D eigenvalue weighted by molar-refractivity contribution is -0.137. The molecule has 1 unspecified atom stereocenters. The third-order valence-corrected chi connectivity index (χ3v) is 4.40. The number of halogens is 3. The molecule has 1 aromatic carbocycles. The number of carbonyl (C=O) groups excluding carboxylic acids is 1. The van der Waals surface area contributed by atoms with Crippen molar-refractivity contribution < 1.29 is 18.0 Å². The molecule has 3 rings (SSSR count). The van der Waals surface area contributed by atoms with Gasteiger partial charge in [0.25, 0.3) is 5.91 Å². The molecule has 2 heterocycles. The minimum atomic E-state index is -4.47. The van der Waals surface area contributed by atoms with Gasteiger partial charge in [0.1, 0.15) is 5.69 Å². The Morgan fingerprint density at radius 2 is 2.07 bits per heavy atom. The van der Waals surface area contributed by atoms with Gasteiger partial charge in [0.2, 0.25) is 0 Å². The van der Waals surface area contributed by atoms with Crippen molar-refractivity contribution >= 4 is 17.6 Å². The van der Waals surface area contributed by atoms with Crippen molar-refractivity contribution in [1.82, 2.24) is 19.8 Å². The van der Waals surface area contributed by atoms with Gasteiger partial charge in [0.15, 0.2) is 11.7 Å². The first-order valence-corrected chi connectivity index (χ1v) is 8.36. The summed E-state index contributed by atoms with van der Waals surface area (Å²) >= 11 is 0. The van der Waals surface area contributed by atoms with E-state index in [1.54, 1.807) is 6.92 Å². The highest BCUT2D eigenvalue weighted by atomic mass is 19.4. The molecular weight excluding hydrogens is 373 g/mol. The van der Waals surface area contributed by atoms with Gasteiger partial charge < -0.3 is 9.80 Å². The standard InChI is InChI=1S/C18H17F3N6O/c1-11-9-27(15(22)14-8-24-5-6-25-14)16(23)17(28)26(11)10-12-3-2-4-13(7-12)18(19,20)21/h2-8,11,22-23H,9-10H2,1H3. The van der Waals surface area contributed by atoms with Gasteiger partial charge in [-0.2, -0.15) is 13.2 Å². The Morgan fingerprint density at radius 3 is 2.71 bits per heavy atom. The smallest absolute Gasteiger partial charge is 0.327 e. The van der Waals surface area contributed by atoms with Gasteiger partial charge in [0, 0.05) is 31.5 Å². The van der Waals surface area contributed by atoms with Crippen LogP contribution in [0.15, 0.2) is 42.9 Å². The van der Waals surface area contributed by atoms with Crippen LogP contribution in [0.2, 0.25) is 0 Å². The number of benzene rings is 1. The molecule has 28 heavy (non-hydrogen) atoms. The normalized spacial score (nSPS) is 17.8. The second-order valence-electron chi connectivity index (χ2n) is 6.38. The van der Waals surface area contributed by atoms with Gasteiger partial charge in [-0.05, 0) is 24.6 Å². The van der Waals surface area contributed by atoms with Gasteiger partial charge in [-0.3, -0.25) is 20.6 Å². The molecule has 10 heteroatoms. The van der Waals surface area contributed by atoms with Crippen LogP contribution in [0, 0.1) is 10.8 Å². The summed E-state index contributed by atoms with van der Waals surface area (Å²) in [6.45, 7) is 1.81. The van der Waals surface area contributed by atoms with E-state index in [0.717, 1.165) is 12.1 Å². The molecule has 2 N–H and O–H groups in total. The molecule has 146 valence electrons. The van der Waals surface area contributed by atoms with Crippen LogP contribution in [0.4, 0.5) is 13.2 Å². The van der Waals surface area contributed by atoms with Crippen molar-refractivity contribution in [2.24, 2.45) is 0 Å². The molecule has 0 aliphatic carbocycles. The number of piperazine rings is 1. The van der Waals surface area contributed by atoms with E-state index >= 15 is 0 Å². The minimum absolute atomic E-state index is 0.0569. The predicted molar refractivity (Wildman–Crippen MR) is 94.7 cm³/mol. The van der Waals surface area contributed by atoms with Crippen LogP contribution in [-0.2, 0) is 17.5 Å². The molecule has 1 atom stereocenters. The summed E-state index contributed by atoms with van der Waals surface area (Å²) in [7, 11) is 0. The fourth-order valence-corrected chi connectivity index (χ4v) is 2.94. The summed E-state index contributed by atoms with van der Waals surface area (Å²) in [6.07, 6.45) is -0.256. The van der Waals surface area contributed by atoms with Crippen LogP contribution in [0.25, 0.3) is 0 Å². The average molecular weight is 390 g/mol. The van der Waals surface area contributed by atoms with E-state index in [1.807, 2.05) is 0 Å². The van der Waals surface area contributed by atoms with Crippen molar-refractivity contribution in [3.63, 3.8) is 0 Å². The molecule has 0 saturated carbocycles. The Bertz CT molecular complexity index is 915. The summed E-state index contributed by atoms with van der Waals surface area (Å²) in [6, 6.07) is 4.34. The van der Waals surface area contributed by atoms with Crippen LogP contribution < -0.4 is 0 Å². The monoisotopic (exact) mass is 390 g/mol. The van der Waals surface area contributed by atoms with E-state index in [-0.39, 0.29) is 24.6 Å². The lowest BCUT2D eigenvalue weighted by atomic mass is 10.1. The molecule has 0 spiro atoms. The third kappa shape index (κ3) is 3.85. The highest BCUT2D eigenvalue weighted by Crippen LogP contribution is 2.30. The van der Waals surface area contributed by atoms with Crippen molar-refractivity contribution in [3.8, 4) is 0 Å². The number of nitrogens with one attached hydrogen (secondary N) is 2. The number of nitrogens with zero attached hydrogens (tertiary/aromatic N) is 4. The average Bonchev–Trinajstić information content (AvgIpc) is 2.68. The first-order chi connectivity index (χ1) is 13.2. The Morgan fingerprint density at radius 1 is 1.32 bits per heavy atom. The molecule has 1 amide bonds. The van der Waals surface area contributed by atoms with E-state index in [9.17, 15) is 18.0 Å². The van der Waals surface area contributed by atoms with Gasteiger partial charge in [-0.1, -0.05) is 12.1 Å². The van der Waals surface area contributed by atoms with Gasteiger partial charge in [-0.25, -0.2) is 4.98 Å². The number of alkyl halides is 3. The molecule has 1 fully saturated rings. The molecular formula is C18H17F3N6O. The van der Waals surface area contributed by atoms with Crippen LogP contribution in [0.3, 0.4) is 0 Å². The molecule has 1 aliphatic heterocycles. The first-order valence-electron chi connectivity index (χ1n) is 8.36. The van der Waals surface area contributed by atoms with Crippen LogP contribution in [0.1, 0.15) is 23.7 Å². The first kappa shape index (κ1) is 19.5. The van der Waals surface area contributed by atoms with Crippen LogP contribution in [0.5, 0.6) is 0 Å². The van der Waals surface area contributed by atoms with E-state index in [4.69, 9.17) is 10.8 Å². The Hall–Kier alpha value is -3.30. The Kier molecular flexibility index (Phi) is 5.12.